The second-order valence-electron chi connectivity index (χ2n) is 4.63. The van der Waals surface area contributed by atoms with Crippen LogP contribution in [0.3, 0.4) is 0 Å². The highest BCUT2D eigenvalue weighted by Gasteiger charge is 1.98. The summed E-state index contributed by atoms with van der Waals surface area (Å²) in [6.07, 6.45) is 8.53. The zero-order chi connectivity index (χ0) is 13.2. The van der Waals surface area contributed by atoms with Gasteiger partial charge < -0.3 is 5.11 Å². The Labute approximate surface area is 109 Å². The smallest absolute Gasteiger partial charge is 0.330 e. The highest BCUT2D eigenvalue weighted by molar-refractivity contribution is 5.85. The van der Waals surface area contributed by atoms with Crippen molar-refractivity contribution in [3.8, 4) is 0 Å². The lowest BCUT2D eigenvalue weighted by Gasteiger charge is -2.01. The molecule has 2 nitrogen and oxygen atoms in total. The number of rotatable bonds is 8. The third-order valence-electron chi connectivity index (χ3n) is 3.05. The Morgan fingerprint density at radius 3 is 2.44 bits per heavy atom. The molecule has 0 radical (unpaired) electrons. The molecule has 0 heterocycles. The third kappa shape index (κ3) is 6.24. The van der Waals surface area contributed by atoms with E-state index in [4.69, 9.17) is 5.11 Å². The van der Waals surface area contributed by atoms with Crippen LogP contribution in [0.25, 0.3) is 0 Å². The zero-order valence-corrected chi connectivity index (χ0v) is 11.1. The Bertz CT molecular complexity index is 379. The summed E-state index contributed by atoms with van der Waals surface area (Å²) < 4.78 is 0. The average molecular weight is 246 g/mol. The van der Waals surface area contributed by atoms with Gasteiger partial charge in [0.25, 0.3) is 0 Å². The van der Waals surface area contributed by atoms with Gasteiger partial charge in [0, 0.05) is 5.57 Å². The van der Waals surface area contributed by atoms with Crippen LogP contribution in [-0.2, 0) is 11.2 Å². The van der Waals surface area contributed by atoms with Gasteiger partial charge in [-0.2, -0.15) is 0 Å². The van der Waals surface area contributed by atoms with E-state index in [1.54, 1.807) is 6.92 Å². The molecular formula is C16H22O2. The molecule has 1 aromatic carbocycles. The number of benzene rings is 1. The van der Waals surface area contributed by atoms with Crippen LogP contribution in [0.4, 0.5) is 0 Å². The average Bonchev–Trinajstić information content (AvgIpc) is 2.38. The molecule has 0 amide bonds. The van der Waals surface area contributed by atoms with E-state index in [-0.39, 0.29) is 0 Å². The van der Waals surface area contributed by atoms with E-state index < -0.39 is 5.97 Å². The standard InChI is InChI=1S/C16H22O2/c1-14(16(17)18)10-6-3-2-4-7-11-15-12-8-5-9-13-15/h5,8-10,12-13H,2-4,6-7,11H2,1H3,(H,17,18). The maximum atomic E-state index is 10.6. The molecule has 0 aliphatic rings. The lowest BCUT2D eigenvalue weighted by atomic mass is 10.1. The molecule has 0 atom stereocenters. The number of aliphatic carboxylic acids is 1. The summed E-state index contributed by atoms with van der Waals surface area (Å²) in [7, 11) is 0. The summed E-state index contributed by atoms with van der Waals surface area (Å²) in [4.78, 5) is 10.6. The first-order chi connectivity index (χ1) is 8.70. The van der Waals surface area contributed by atoms with Crippen molar-refractivity contribution >= 4 is 5.97 Å². The zero-order valence-electron chi connectivity index (χ0n) is 11.1. The fraction of sp³-hybridized carbons (Fsp3) is 0.438. The molecule has 0 aliphatic heterocycles. The maximum absolute atomic E-state index is 10.6. The minimum Gasteiger partial charge on any atom is -0.478 e. The second-order valence-corrected chi connectivity index (χ2v) is 4.63. The Hall–Kier alpha value is -1.57. The fourth-order valence-corrected chi connectivity index (χ4v) is 1.88. The van der Waals surface area contributed by atoms with Crippen molar-refractivity contribution in [3.05, 3.63) is 47.5 Å². The predicted octanol–water partition coefficient (Wildman–Crippen LogP) is 4.21. The minimum absolute atomic E-state index is 0.458. The van der Waals surface area contributed by atoms with E-state index in [0.717, 1.165) is 19.3 Å². The molecule has 0 unspecified atom stereocenters. The van der Waals surface area contributed by atoms with Crippen LogP contribution in [0.2, 0.25) is 0 Å². The minimum atomic E-state index is -0.806. The van der Waals surface area contributed by atoms with Gasteiger partial charge >= 0.3 is 5.97 Å². The van der Waals surface area contributed by atoms with Crippen LogP contribution in [0, 0.1) is 0 Å². The van der Waals surface area contributed by atoms with Gasteiger partial charge in [0.1, 0.15) is 0 Å². The molecule has 0 spiro atoms. The number of aryl methyl sites for hydroxylation is 1. The highest BCUT2D eigenvalue weighted by atomic mass is 16.4. The van der Waals surface area contributed by atoms with Gasteiger partial charge in [0.2, 0.25) is 0 Å². The fourth-order valence-electron chi connectivity index (χ4n) is 1.88. The largest absolute Gasteiger partial charge is 0.478 e. The Morgan fingerprint density at radius 2 is 1.78 bits per heavy atom. The van der Waals surface area contributed by atoms with Gasteiger partial charge in [0.05, 0.1) is 0 Å². The lowest BCUT2D eigenvalue weighted by molar-refractivity contribution is -0.132. The van der Waals surface area contributed by atoms with E-state index in [2.05, 4.69) is 24.3 Å². The molecule has 18 heavy (non-hydrogen) atoms. The first kappa shape index (κ1) is 14.5. The molecule has 1 aromatic rings. The summed E-state index contributed by atoms with van der Waals surface area (Å²) >= 11 is 0. The Balaban J connectivity index is 2.03. The van der Waals surface area contributed by atoms with Crippen LogP contribution in [0.15, 0.2) is 42.0 Å². The number of carboxylic acid groups (broad SMARTS) is 1. The van der Waals surface area contributed by atoms with E-state index >= 15 is 0 Å². The molecule has 0 saturated carbocycles. The molecule has 1 rings (SSSR count). The molecule has 0 fully saturated rings. The van der Waals surface area contributed by atoms with Crippen LogP contribution < -0.4 is 0 Å². The maximum Gasteiger partial charge on any atom is 0.330 e. The normalized spacial score (nSPS) is 11.5. The van der Waals surface area contributed by atoms with Crippen molar-refractivity contribution in [3.63, 3.8) is 0 Å². The monoisotopic (exact) mass is 246 g/mol. The van der Waals surface area contributed by atoms with E-state index in [1.165, 1.54) is 24.8 Å². The quantitative estimate of drug-likeness (QED) is 0.551. The van der Waals surface area contributed by atoms with Gasteiger partial charge in [-0.05, 0) is 38.2 Å². The third-order valence-corrected chi connectivity index (χ3v) is 3.05. The summed E-state index contributed by atoms with van der Waals surface area (Å²) in [6.45, 7) is 1.65. The van der Waals surface area contributed by atoms with Crippen molar-refractivity contribution in [2.75, 3.05) is 0 Å². The lowest BCUT2D eigenvalue weighted by Crippen LogP contribution is -1.95. The number of allylic oxidation sites excluding steroid dienone is 1. The van der Waals surface area contributed by atoms with Crippen molar-refractivity contribution in [2.24, 2.45) is 0 Å². The number of carboxylic acids is 1. The van der Waals surface area contributed by atoms with Gasteiger partial charge in [-0.25, -0.2) is 4.79 Å². The number of unbranched alkanes of at least 4 members (excludes halogenated alkanes) is 4. The molecule has 98 valence electrons. The number of carbonyl (C=O) groups is 1. The van der Waals surface area contributed by atoms with Crippen LogP contribution in [-0.4, -0.2) is 11.1 Å². The van der Waals surface area contributed by atoms with Crippen molar-refractivity contribution < 1.29 is 9.90 Å². The molecule has 0 aromatic heterocycles. The SMILES string of the molecule is CC(=CCCCCCCc1ccccc1)C(=O)O. The molecule has 1 N–H and O–H groups in total. The van der Waals surface area contributed by atoms with Crippen molar-refractivity contribution in [1.82, 2.24) is 0 Å². The topological polar surface area (TPSA) is 37.3 Å². The Kier molecular flexibility index (Phi) is 6.85. The molecular weight excluding hydrogens is 224 g/mol. The van der Waals surface area contributed by atoms with Crippen molar-refractivity contribution in [1.29, 1.82) is 0 Å². The van der Waals surface area contributed by atoms with Crippen LogP contribution in [0.1, 0.15) is 44.6 Å². The van der Waals surface area contributed by atoms with Gasteiger partial charge in [-0.15, -0.1) is 0 Å². The van der Waals surface area contributed by atoms with Gasteiger partial charge in [-0.3, -0.25) is 0 Å². The number of hydrogen-bond donors (Lipinski definition) is 1. The van der Waals surface area contributed by atoms with Crippen LogP contribution in [0.5, 0.6) is 0 Å². The summed E-state index contributed by atoms with van der Waals surface area (Å²) in [6, 6.07) is 10.5. The van der Waals surface area contributed by atoms with Gasteiger partial charge in [0.15, 0.2) is 0 Å². The first-order valence-corrected chi connectivity index (χ1v) is 6.64. The molecule has 0 bridgehead atoms. The van der Waals surface area contributed by atoms with Crippen LogP contribution >= 0.6 is 0 Å². The Morgan fingerprint density at radius 1 is 1.11 bits per heavy atom. The first-order valence-electron chi connectivity index (χ1n) is 6.64. The van der Waals surface area contributed by atoms with E-state index in [1.807, 2.05) is 12.1 Å². The summed E-state index contributed by atoms with van der Waals surface area (Å²) in [5.74, 6) is -0.806. The molecule has 2 heteroatoms. The molecule has 0 aliphatic carbocycles. The second kappa shape index (κ2) is 8.51. The number of hydrogen-bond acceptors (Lipinski definition) is 1. The van der Waals surface area contributed by atoms with Crippen molar-refractivity contribution in [2.45, 2.75) is 45.4 Å². The highest BCUT2D eigenvalue weighted by Crippen LogP contribution is 2.09. The molecule has 0 saturated heterocycles. The summed E-state index contributed by atoms with van der Waals surface area (Å²) in [5, 5.41) is 8.68. The van der Waals surface area contributed by atoms with E-state index in [0.29, 0.717) is 5.57 Å². The van der Waals surface area contributed by atoms with Gasteiger partial charge in [-0.1, -0.05) is 49.2 Å². The summed E-state index contributed by atoms with van der Waals surface area (Å²) in [5.41, 5.74) is 1.86. The van der Waals surface area contributed by atoms with E-state index in [9.17, 15) is 4.79 Å². The predicted molar refractivity (Wildman–Crippen MR) is 74.6 cm³/mol.